The summed E-state index contributed by atoms with van der Waals surface area (Å²) in [6.07, 6.45) is 9.83. The number of allylic oxidation sites excluding steroid dienone is 2. The Balaban J connectivity index is 1.82. The first kappa shape index (κ1) is 15.1. The van der Waals surface area contributed by atoms with Crippen LogP contribution < -0.4 is 0 Å². The summed E-state index contributed by atoms with van der Waals surface area (Å²) in [4.78, 5) is 24.9. The van der Waals surface area contributed by atoms with Crippen LogP contribution in [-0.2, 0) is 9.59 Å². The summed E-state index contributed by atoms with van der Waals surface area (Å²) >= 11 is 0. The van der Waals surface area contributed by atoms with Gasteiger partial charge in [-0.15, -0.1) is 0 Å². The second-order valence-corrected chi connectivity index (χ2v) is 8.57. The van der Waals surface area contributed by atoms with E-state index in [1.54, 1.807) is 6.08 Å². The molecule has 0 spiro atoms. The molecule has 0 aromatic carbocycles. The molecule has 4 nitrogen and oxygen atoms in total. The molecule has 0 saturated heterocycles. The molecule has 0 bridgehead atoms. The normalized spacial score (nSPS) is 50.6. The van der Waals surface area contributed by atoms with Gasteiger partial charge in [0, 0.05) is 11.3 Å². The van der Waals surface area contributed by atoms with Crippen LogP contribution in [0.5, 0.6) is 0 Å². The summed E-state index contributed by atoms with van der Waals surface area (Å²) in [5.41, 5.74) is 0.338. The molecule has 4 heteroatoms. The third-order valence-electron chi connectivity index (χ3n) is 7.72. The van der Waals surface area contributed by atoms with Gasteiger partial charge in [-0.05, 0) is 61.3 Å². The van der Waals surface area contributed by atoms with E-state index < -0.39 is 5.41 Å². The largest absolute Gasteiger partial charge is 0.411 e. The molecule has 0 heterocycles. The number of fused-ring (bicyclic) bond motifs is 5. The van der Waals surface area contributed by atoms with E-state index in [9.17, 15) is 14.8 Å². The van der Waals surface area contributed by atoms with Gasteiger partial charge in [-0.25, -0.2) is 0 Å². The SMILES string of the molecule is C[C@@]12CCC[C@H]1[C@@H]1C/C(=N\O)C3C=CC(=O)C(=O)[C@]3(C)[C@H]1CC2. The number of oxime groups is 1. The average molecular weight is 315 g/mol. The first-order valence-corrected chi connectivity index (χ1v) is 8.89. The Morgan fingerprint density at radius 2 is 1.96 bits per heavy atom. The zero-order chi connectivity index (χ0) is 16.4. The van der Waals surface area contributed by atoms with E-state index >= 15 is 0 Å². The minimum Gasteiger partial charge on any atom is -0.411 e. The van der Waals surface area contributed by atoms with Gasteiger partial charge in [0.05, 0.1) is 5.71 Å². The average Bonchev–Trinajstić information content (AvgIpc) is 2.93. The molecule has 3 saturated carbocycles. The lowest BCUT2D eigenvalue weighted by Gasteiger charge is -2.57. The Hall–Kier alpha value is -1.45. The number of hydrogen-bond acceptors (Lipinski definition) is 4. The van der Waals surface area contributed by atoms with Crippen molar-refractivity contribution in [1.82, 2.24) is 0 Å². The quantitative estimate of drug-likeness (QED) is 0.423. The van der Waals surface area contributed by atoms with Crippen molar-refractivity contribution in [3.8, 4) is 0 Å². The molecular weight excluding hydrogens is 290 g/mol. The molecule has 3 fully saturated rings. The number of nitrogens with zero attached hydrogens (tertiary/aromatic N) is 1. The molecule has 0 aliphatic heterocycles. The van der Waals surface area contributed by atoms with E-state index in [-0.39, 0.29) is 23.4 Å². The lowest BCUT2D eigenvalue weighted by Crippen LogP contribution is -2.59. The Morgan fingerprint density at radius 3 is 2.70 bits per heavy atom. The van der Waals surface area contributed by atoms with Crippen LogP contribution >= 0.6 is 0 Å². The van der Waals surface area contributed by atoms with Crippen molar-refractivity contribution in [3.05, 3.63) is 12.2 Å². The van der Waals surface area contributed by atoms with Crippen LogP contribution in [0, 0.1) is 34.5 Å². The van der Waals surface area contributed by atoms with Gasteiger partial charge in [-0.1, -0.05) is 31.5 Å². The highest BCUT2D eigenvalue weighted by Crippen LogP contribution is 2.64. The molecule has 0 amide bonds. The zero-order valence-corrected chi connectivity index (χ0v) is 13.9. The fourth-order valence-electron chi connectivity index (χ4n) is 6.50. The van der Waals surface area contributed by atoms with Gasteiger partial charge in [0.15, 0.2) is 0 Å². The summed E-state index contributed by atoms with van der Waals surface area (Å²) < 4.78 is 0. The number of ketones is 2. The number of hydrogen-bond donors (Lipinski definition) is 1. The molecule has 4 aliphatic rings. The van der Waals surface area contributed by atoms with Gasteiger partial charge in [-0.3, -0.25) is 9.59 Å². The number of carbonyl (C=O) groups is 2. The summed E-state index contributed by atoms with van der Waals surface area (Å²) in [5.74, 6) is 0.306. The minimum absolute atomic E-state index is 0.218. The molecule has 4 rings (SSSR count). The Bertz CT molecular complexity index is 637. The van der Waals surface area contributed by atoms with Crippen molar-refractivity contribution < 1.29 is 14.8 Å². The zero-order valence-electron chi connectivity index (χ0n) is 13.9. The monoisotopic (exact) mass is 315 g/mol. The van der Waals surface area contributed by atoms with Crippen molar-refractivity contribution in [3.63, 3.8) is 0 Å². The molecule has 1 unspecified atom stereocenters. The van der Waals surface area contributed by atoms with Crippen LogP contribution in [0.25, 0.3) is 0 Å². The summed E-state index contributed by atoms with van der Waals surface area (Å²) in [5, 5.41) is 13.1. The molecular formula is C19H25NO3. The molecule has 6 atom stereocenters. The predicted molar refractivity (Wildman–Crippen MR) is 86.3 cm³/mol. The van der Waals surface area contributed by atoms with Gasteiger partial charge in [0.2, 0.25) is 11.6 Å². The van der Waals surface area contributed by atoms with Gasteiger partial charge in [0.1, 0.15) is 0 Å². The van der Waals surface area contributed by atoms with Gasteiger partial charge in [-0.2, -0.15) is 0 Å². The second-order valence-electron chi connectivity index (χ2n) is 8.57. The lowest BCUT2D eigenvalue weighted by molar-refractivity contribution is -0.149. The van der Waals surface area contributed by atoms with Crippen molar-refractivity contribution in [2.45, 2.75) is 52.4 Å². The smallest absolute Gasteiger partial charge is 0.221 e. The topological polar surface area (TPSA) is 66.7 Å². The van der Waals surface area contributed by atoms with Crippen LogP contribution in [0.15, 0.2) is 17.3 Å². The summed E-state index contributed by atoms with van der Waals surface area (Å²) in [6, 6.07) is 0. The van der Waals surface area contributed by atoms with E-state index in [2.05, 4.69) is 12.1 Å². The van der Waals surface area contributed by atoms with Crippen LogP contribution in [0.3, 0.4) is 0 Å². The lowest BCUT2D eigenvalue weighted by atomic mass is 9.45. The van der Waals surface area contributed by atoms with Gasteiger partial charge < -0.3 is 5.21 Å². The van der Waals surface area contributed by atoms with E-state index in [1.165, 1.54) is 25.3 Å². The molecule has 1 N–H and O–H groups in total. The first-order valence-electron chi connectivity index (χ1n) is 8.89. The summed E-state index contributed by atoms with van der Waals surface area (Å²) in [6.45, 7) is 4.33. The molecule has 23 heavy (non-hydrogen) atoms. The number of rotatable bonds is 0. The number of Topliss-reactive ketones (excluding diaryl/α,β-unsaturated/α-hetero) is 1. The van der Waals surface area contributed by atoms with Crippen molar-refractivity contribution in [1.29, 1.82) is 0 Å². The molecule has 4 aliphatic carbocycles. The van der Waals surface area contributed by atoms with Crippen LogP contribution in [0.1, 0.15) is 52.4 Å². The van der Waals surface area contributed by atoms with Crippen molar-refractivity contribution >= 4 is 17.3 Å². The van der Waals surface area contributed by atoms with Crippen LogP contribution in [-0.4, -0.2) is 22.5 Å². The molecule has 0 aromatic rings. The Morgan fingerprint density at radius 1 is 1.17 bits per heavy atom. The highest BCUT2D eigenvalue weighted by molar-refractivity contribution is 6.44. The van der Waals surface area contributed by atoms with Crippen LogP contribution in [0.2, 0.25) is 0 Å². The maximum absolute atomic E-state index is 12.8. The Labute approximate surface area is 137 Å². The van der Waals surface area contributed by atoms with Crippen molar-refractivity contribution in [2.24, 2.45) is 39.7 Å². The minimum atomic E-state index is -0.722. The highest BCUT2D eigenvalue weighted by atomic mass is 16.4. The van der Waals surface area contributed by atoms with E-state index in [4.69, 9.17) is 0 Å². The van der Waals surface area contributed by atoms with E-state index in [1.807, 2.05) is 6.92 Å². The third kappa shape index (κ3) is 1.81. The number of carbonyl (C=O) groups excluding carboxylic acids is 2. The summed E-state index contributed by atoms with van der Waals surface area (Å²) in [7, 11) is 0. The first-order chi connectivity index (χ1) is 10.9. The third-order valence-corrected chi connectivity index (χ3v) is 7.72. The maximum atomic E-state index is 12.8. The maximum Gasteiger partial charge on any atom is 0.221 e. The van der Waals surface area contributed by atoms with Gasteiger partial charge in [0.25, 0.3) is 0 Å². The molecule has 0 radical (unpaired) electrons. The van der Waals surface area contributed by atoms with E-state index in [0.717, 1.165) is 19.3 Å². The molecule has 124 valence electrons. The van der Waals surface area contributed by atoms with Gasteiger partial charge >= 0.3 is 0 Å². The van der Waals surface area contributed by atoms with Crippen molar-refractivity contribution in [2.75, 3.05) is 0 Å². The fraction of sp³-hybridized carbons (Fsp3) is 0.737. The fourth-order valence-corrected chi connectivity index (χ4v) is 6.50. The Kier molecular flexibility index (Phi) is 3.14. The second kappa shape index (κ2) is 4.78. The highest BCUT2D eigenvalue weighted by Gasteiger charge is 2.62. The predicted octanol–water partition coefficient (Wildman–Crippen LogP) is 3.38. The van der Waals surface area contributed by atoms with Crippen LogP contribution in [0.4, 0.5) is 0 Å². The molecule has 0 aromatic heterocycles. The standard InChI is InChI=1S/C19H25NO3/c1-18-8-3-4-12(18)11-10-15(20-23)14-5-6-16(21)17(22)19(14,2)13(11)7-9-18/h5-6,11-14,23H,3-4,7-10H2,1-2H3/b20-15+/t11-,12-,13-,14?,18-,19+/m0/s1. The van der Waals surface area contributed by atoms with E-state index in [0.29, 0.717) is 23.0 Å².